The van der Waals surface area contributed by atoms with Crippen molar-refractivity contribution in [1.82, 2.24) is 0 Å². The summed E-state index contributed by atoms with van der Waals surface area (Å²) in [5.74, 6) is 1.64. The van der Waals surface area contributed by atoms with E-state index in [9.17, 15) is 0 Å². The highest BCUT2D eigenvalue weighted by molar-refractivity contribution is 6.09. The van der Waals surface area contributed by atoms with E-state index in [-0.39, 0.29) is 0 Å². The summed E-state index contributed by atoms with van der Waals surface area (Å²) >= 11 is 0. The van der Waals surface area contributed by atoms with Gasteiger partial charge >= 0.3 is 0 Å². The number of nitrogens with zero attached hydrogens (tertiary/aromatic N) is 2. The quantitative estimate of drug-likeness (QED) is 0.152. The highest BCUT2D eigenvalue weighted by atomic mass is 16.5. The lowest BCUT2D eigenvalue weighted by atomic mass is 9.93. The standard InChI is InChI=1S/C60H40N2O/c1-3-14-41(15-4-1)44-28-33-49(34-29-44)61(51-37-32-43-18-7-8-20-47(43)38-51)52-39-48-22-11-24-54-55-25-13-27-57(60(55)63-58(40-52)59(48)54)62(56-26-12-21-46-19-9-10-23-53(46)56)50-35-30-45(31-36-50)42-16-5-2-6-17-42/h1-40H. The Morgan fingerprint density at radius 1 is 0.286 bits per heavy atom. The van der Waals surface area contributed by atoms with Gasteiger partial charge in [-0.05, 0) is 104 Å². The van der Waals surface area contributed by atoms with E-state index in [0.717, 1.165) is 72.9 Å². The van der Waals surface area contributed by atoms with Crippen LogP contribution in [-0.2, 0) is 0 Å². The maximum atomic E-state index is 7.35. The van der Waals surface area contributed by atoms with Crippen molar-refractivity contribution in [3.63, 3.8) is 0 Å². The second kappa shape index (κ2) is 15.3. The van der Waals surface area contributed by atoms with Crippen LogP contribution in [0.1, 0.15) is 0 Å². The minimum Gasteiger partial charge on any atom is -0.454 e. The Kier molecular flexibility index (Phi) is 8.83. The van der Waals surface area contributed by atoms with Crippen LogP contribution in [0, 0.1) is 0 Å². The van der Waals surface area contributed by atoms with E-state index in [1.165, 1.54) is 38.4 Å². The second-order valence-corrected chi connectivity index (χ2v) is 16.1. The van der Waals surface area contributed by atoms with Crippen LogP contribution in [0.2, 0.25) is 0 Å². The number of fused-ring (bicyclic) bond motifs is 4. The summed E-state index contributed by atoms with van der Waals surface area (Å²) in [6.07, 6.45) is 0. The Balaban J connectivity index is 1.03. The van der Waals surface area contributed by atoms with Crippen molar-refractivity contribution in [3.8, 4) is 44.9 Å². The minimum absolute atomic E-state index is 0.819. The summed E-state index contributed by atoms with van der Waals surface area (Å²) in [4.78, 5) is 4.71. The van der Waals surface area contributed by atoms with Crippen LogP contribution < -0.4 is 14.5 Å². The van der Waals surface area contributed by atoms with Crippen LogP contribution >= 0.6 is 0 Å². The van der Waals surface area contributed by atoms with Gasteiger partial charge in [0.05, 0.1) is 17.1 Å². The van der Waals surface area contributed by atoms with E-state index in [1.54, 1.807) is 0 Å². The summed E-state index contributed by atoms with van der Waals surface area (Å²) < 4.78 is 7.35. The molecule has 0 aromatic heterocycles. The Morgan fingerprint density at radius 2 is 0.794 bits per heavy atom. The van der Waals surface area contributed by atoms with Gasteiger partial charge in [0.25, 0.3) is 0 Å². The van der Waals surface area contributed by atoms with Gasteiger partial charge < -0.3 is 14.5 Å². The van der Waals surface area contributed by atoms with Gasteiger partial charge in [0.1, 0.15) is 5.75 Å². The van der Waals surface area contributed by atoms with Gasteiger partial charge in [0.15, 0.2) is 5.75 Å². The molecule has 1 aliphatic heterocycles. The molecule has 1 heterocycles. The number of hydrogen-bond acceptors (Lipinski definition) is 3. The average molecular weight is 805 g/mol. The molecule has 0 saturated heterocycles. The number of para-hydroxylation sites is 1. The van der Waals surface area contributed by atoms with Gasteiger partial charge in [0.2, 0.25) is 0 Å². The molecule has 0 atom stereocenters. The first-order chi connectivity index (χ1) is 31.2. The highest BCUT2D eigenvalue weighted by Crippen LogP contribution is 2.55. The first-order valence-corrected chi connectivity index (χ1v) is 21.5. The molecule has 0 saturated carbocycles. The molecule has 63 heavy (non-hydrogen) atoms. The Labute approximate surface area is 367 Å². The number of anilines is 6. The Hall–Kier alpha value is -8.40. The largest absolute Gasteiger partial charge is 0.454 e. The third kappa shape index (κ3) is 6.46. The lowest BCUT2D eigenvalue weighted by Gasteiger charge is -2.32. The van der Waals surface area contributed by atoms with Crippen LogP contribution in [0.25, 0.3) is 65.7 Å². The lowest BCUT2D eigenvalue weighted by Crippen LogP contribution is -2.13. The zero-order valence-electron chi connectivity index (χ0n) is 34.4. The van der Waals surface area contributed by atoms with E-state index in [2.05, 4.69) is 252 Å². The first-order valence-electron chi connectivity index (χ1n) is 21.5. The summed E-state index contributed by atoms with van der Waals surface area (Å²) in [7, 11) is 0. The number of ether oxygens (including phenoxy) is 1. The number of hydrogen-bond donors (Lipinski definition) is 0. The lowest BCUT2D eigenvalue weighted by molar-refractivity contribution is 0.488. The summed E-state index contributed by atoms with van der Waals surface area (Å²) in [6, 6.07) is 87.0. The van der Waals surface area contributed by atoms with Gasteiger partial charge in [-0.3, -0.25) is 0 Å². The third-order valence-corrected chi connectivity index (χ3v) is 12.4. The van der Waals surface area contributed by atoms with Crippen molar-refractivity contribution in [3.05, 3.63) is 243 Å². The summed E-state index contributed by atoms with van der Waals surface area (Å²) in [6.45, 7) is 0. The van der Waals surface area contributed by atoms with E-state index in [0.29, 0.717) is 0 Å². The van der Waals surface area contributed by atoms with Crippen molar-refractivity contribution < 1.29 is 4.74 Å². The molecule has 1 aliphatic rings. The highest BCUT2D eigenvalue weighted by Gasteiger charge is 2.28. The zero-order valence-corrected chi connectivity index (χ0v) is 34.4. The molecule has 0 N–H and O–H groups in total. The molecule has 0 radical (unpaired) electrons. The second-order valence-electron chi connectivity index (χ2n) is 16.1. The SMILES string of the molecule is c1ccc(-c2ccc(N(c3ccc4ccccc4c3)c3cc4c5c(cccc5c3)-c3cccc(N(c5ccc(-c6ccccc6)cc5)c5cccc6ccccc56)c3O4)cc2)cc1. The fourth-order valence-electron chi connectivity index (χ4n) is 9.38. The monoisotopic (exact) mass is 804 g/mol. The third-order valence-electron chi connectivity index (χ3n) is 12.4. The van der Waals surface area contributed by atoms with Crippen LogP contribution in [0.5, 0.6) is 11.5 Å². The molecule has 12 rings (SSSR count). The average Bonchev–Trinajstić information content (AvgIpc) is 3.35. The van der Waals surface area contributed by atoms with Crippen LogP contribution in [0.4, 0.5) is 34.1 Å². The molecule has 0 unspecified atom stereocenters. The summed E-state index contributed by atoms with van der Waals surface area (Å²) in [5, 5.41) is 6.95. The number of rotatable bonds is 8. The van der Waals surface area contributed by atoms with E-state index >= 15 is 0 Å². The number of benzene rings is 11. The van der Waals surface area contributed by atoms with Gasteiger partial charge in [-0.2, -0.15) is 0 Å². The van der Waals surface area contributed by atoms with Crippen LogP contribution in [0.15, 0.2) is 243 Å². The van der Waals surface area contributed by atoms with Gasteiger partial charge in [-0.15, -0.1) is 0 Å². The van der Waals surface area contributed by atoms with Crippen molar-refractivity contribution in [2.75, 3.05) is 9.80 Å². The first kappa shape index (κ1) is 36.5. The molecule has 11 aromatic carbocycles. The Bertz CT molecular complexity index is 3470. The van der Waals surface area contributed by atoms with Gasteiger partial charge in [-0.25, -0.2) is 0 Å². The smallest absolute Gasteiger partial charge is 0.159 e. The molecule has 296 valence electrons. The molecule has 0 amide bonds. The van der Waals surface area contributed by atoms with Gasteiger partial charge in [-0.1, -0.05) is 182 Å². The molecule has 0 aliphatic carbocycles. The van der Waals surface area contributed by atoms with Gasteiger partial charge in [0, 0.05) is 39.5 Å². The molecular weight excluding hydrogens is 765 g/mol. The molecule has 0 fully saturated rings. The molecule has 3 heteroatoms. The fourth-order valence-corrected chi connectivity index (χ4v) is 9.38. The van der Waals surface area contributed by atoms with Crippen molar-refractivity contribution in [2.45, 2.75) is 0 Å². The predicted octanol–water partition coefficient (Wildman–Crippen LogP) is 17.2. The van der Waals surface area contributed by atoms with Crippen LogP contribution in [0.3, 0.4) is 0 Å². The van der Waals surface area contributed by atoms with E-state index in [1.807, 2.05) is 0 Å². The predicted molar refractivity (Wildman–Crippen MR) is 265 cm³/mol. The molecule has 3 nitrogen and oxygen atoms in total. The van der Waals surface area contributed by atoms with E-state index < -0.39 is 0 Å². The molecular formula is C60H40N2O. The minimum atomic E-state index is 0.819. The van der Waals surface area contributed by atoms with Crippen molar-refractivity contribution in [1.29, 1.82) is 0 Å². The molecule has 0 spiro atoms. The summed E-state index contributed by atoms with van der Waals surface area (Å²) in [5.41, 5.74) is 13.2. The van der Waals surface area contributed by atoms with Crippen molar-refractivity contribution in [2.24, 2.45) is 0 Å². The topological polar surface area (TPSA) is 15.7 Å². The Morgan fingerprint density at radius 3 is 1.52 bits per heavy atom. The van der Waals surface area contributed by atoms with Crippen LogP contribution in [-0.4, -0.2) is 0 Å². The maximum Gasteiger partial charge on any atom is 0.159 e. The zero-order chi connectivity index (χ0) is 41.7. The van der Waals surface area contributed by atoms with E-state index in [4.69, 9.17) is 4.74 Å². The van der Waals surface area contributed by atoms with Crippen molar-refractivity contribution >= 4 is 66.4 Å². The molecule has 11 aromatic rings. The molecule has 0 bridgehead atoms. The normalized spacial score (nSPS) is 11.6. The maximum absolute atomic E-state index is 7.35. The fraction of sp³-hybridized carbons (Fsp3) is 0.